The minimum Gasteiger partial charge on any atom is -0.481 e. The van der Waals surface area contributed by atoms with Gasteiger partial charge in [-0.25, -0.2) is 14.5 Å². The summed E-state index contributed by atoms with van der Waals surface area (Å²) >= 11 is 0. The third kappa shape index (κ3) is 7.47. The van der Waals surface area contributed by atoms with Crippen molar-refractivity contribution in [1.29, 1.82) is 0 Å². The molecule has 2 N–H and O–H groups in total. The van der Waals surface area contributed by atoms with Crippen molar-refractivity contribution in [3.8, 4) is 22.7 Å². The molecule has 1 aliphatic rings. The Bertz CT molecular complexity index is 1710. The molecular weight excluding hydrogens is 566 g/mol. The Morgan fingerprint density at radius 2 is 1.71 bits per heavy atom. The van der Waals surface area contributed by atoms with Gasteiger partial charge < -0.3 is 14.8 Å². The van der Waals surface area contributed by atoms with Gasteiger partial charge in [-0.2, -0.15) is 5.10 Å². The van der Waals surface area contributed by atoms with Crippen LogP contribution in [0.3, 0.4) is 0 Å². The first-order valence-electron chi connectivity index (χ1n) is 15.4. The highest BCUT2D eigenvalue weighted by Crippen LogP contribution is 2.33. The second-order valence-electron chi connectivity index (χ2n) is 10.8. The van der Waals surface area contributed by atoms with Crippen LogP contribution in [0, 0.1) is 0 Å². The molecule has 5 aromatic rings. The van der Waals surface area contributed by atoms with Gasteiger partial charge in [0, 0.05) is 48.9 Å². The molecule has 0 bridgehead atoms. The molecule has 45 heavy (non-hydrogen) atoms. The molecule has 234 valence electrons. The number of carbonyl (C=O) groups excluding carboxylic acids is 1. The number of hydrogen-bond donors (Lipinski definition) is 2. The third-order valence-electron chi connectivity index (χ3n) is 7.53. The number of methoxy groups -OCH3 is 1. The molecule has 10 heteroatoms. The molecule has 0 saturated carbocycles. The van der Waals surface area contributed by atoms with E-state index in [2.05, 4.69) is 52.6 Å². The molecule has 6 rings (SSSR count). The Balaban J connectivity index is 0.00000196. The lowest BCUT2D eigenvalue weighted by molar-refractivity contribution is 0.0336. The first kappa shape index (κ1) is 31.6. The first-order chi connectivity index (χ1) is 22.0. The Kier molecular flexibility index (Phi) is 10.4. The maximum Gasteiger partial charge on any atom is 0.324 e. The van der Waals surface area contributed by atoms with Gasteiger partial charge in [0.2, 0.25) is 5.88 Å². The van der Waals surface area contributed by atoms with Gasteiger partial charge in [-0.15, -0.1) is 0 Å². The number of hydrogen-bond acceptors (Lipinski definition) is 7. The van der Waals surface area contributed by atoms with E-state index < -0.39 is 0 Å². The summed E-state index contributed by atoms with van der Waals surface area (Å²) in [6.45, 7) is 12.3. The molecule has 2 aromatic carbocycles. The molecule has 4 heterocycles. The van der Waals surface area contributed by atoms with E-state index in [4.69, 9.17) is 19.6 Å². The Morgan fingerprint density at radius 1 is 0.933 bits per heavy atom. The van der Waals surface area contributed by atoms with E-state index in [0.29, 0.717) is 23.1 Å². The number of amides is 2. The summed E-state index contributed by atoms with van der Waals surface area (Å²) < 4.78 is 12.3. The van der Waals surface area contributed by atoms with Crippen molar-refractivity contribution in [2.75, 3.05) is 44.0 Å². The van der Waals surface area contributed by atoms with Gasteiger partial charge in [0.15, 0.2) is 0 Å². The summed E-state index contributed by atoms with van der Waals surface area (Å²) in [6, 6.07) is 21.3. The second-order valence-corrected chi connectivity index (χ2v) is 10.8. The van der Waals surface area contributed by atoms with Gasteiger partial charge in [-0.1, -0.05) is 64.1 Å². The predicted molar refractivity (Wildman–Crippen MR) is 179 cm³/mol. The summed E-state index contributed by atoms with van der Waals surface area (Å²) in [5, 5.41) is 12.7. The molecule has 0 unspecified atom stereocenters. The van der Waals surface area contributed by atoms with Crippen molar-refractivity contribution < 1.29 is 14.3 Å². The van der Waals surface area contributed by atoms with Crippen LogP contribution >= 0.6 is 0 Å². The zero-order valence-corrected chi connectivity index (χ0v) is 26.6. The molecule has 0 aliphatic carbocycles. The maximum absolute atomic E-state index is 13.3. The van der Waals surface area contributed by atoms with Crippen LogP contribution in [-0.4, -0.2) is 64.1 Å². The average molecular weight is 608 g/mol. The van der Waals surface area contributed by atoms with Gasteiger partial charge in [0.05, 0.1) is 49.3 Å². The Hall–Kier alpha value is -4.80. The van der Waals surface area contributed by atoms with Crippen LogP contribution in [0.15, 0.2) is 79.1 Å². The Morgan fingerprint density at radius 3 is 2.38 bits per heavy atom. The molecule has 1 aliphatic heterocycles. The molecule has 2 amide bonds. The van der Waals surface area contributed by atoms with E-state index in [-0.39, 0.29) is 11.9 Å². The zero-order valence-electron chi connectivity index (χ0n) is 26.6. The van der Waals surface area contributed by atoms with Crippen LogP contribution in [0.1, 0.15) is 45.0 Å². The SMILES string of the molecule is CC.COc1ccc(-n2nc(C(C)C)cc2NC(=O)Nc2ccc(-c3ccc(CN4CCOCC4)nc3)c3ccccc23)cn1. The topological polar surface area (TPSA) is 106 Å². The number of pyridine rings is 2. The summed E-state index contributed by atoms with van der Waals surface area (Å²) in [5.41, 5.74) is 5.38. The van der Waals surface area contributed by atoms with Crippen LogP contribution < -0.4 is 15.4 Å². The summed E-state index contributed by atoms with van der Waals surface area (Å²) in [4.78, 5) is 24.7. The predicted octanol–water partition coefficient (Wildman–Crippen LogP) is 7.12. The van der Waals surface area contributed by atoms with Crippen LogP contribution in [0.2, 0.25) is 0 Å². The number of urea groups is 1. The van der Waals surface area contributed by atoms with E-state index in [1.54, 1.807) is 24.1 Å². The van der Waals surface area contributed by atoms with Crippen molar-refractivity contribution in [2.24, 2.45) is 0 Å². The highest BCUT2D eigenvalue weighted by atomic mass is 16.5. The number of ether oxygens (including phenoxy) is 2. The van der Waals surface area contributed by atoms with Gasteiger partial charge in [-0.05, 0) is 35.1 Å². The summed E-state index contributed by atoms with van der Waals surface area (Å²) in [5.74, 6) is 1.22. The number of nitrogens with zero attached hydrogens (tertiary/aromatic N) is 5. The van der Waals surface area contributed by atoms with E-state index in [1.807, 2.05) is 62.5 Å². The lowest BCUT2D eigenvalue weighted by Gasteiger charge is -2.26. The number of fused-ring (bicyclic) bond motifs is 1. The second kappa shape index (κ2) is 14.8. The third-order valence-corrected chi connectivity index (χ3v) is 7.53. The zero-order chi connectivity index (χ0) is 31.8. The van der Waals surface area contributed by atoms with Gasteiger partial charge in [0.1, 0.15) is 5.82 Å². The van der Waals surface area contributed by atoms with E-state index in [0.717, 1.165) is 66.1 Å². The number of anilines is 2. The largest absolute Gasteiger partial charge is 0.481 e. The summed E-state index contributed by atoms with van der Waals surface area (Å²) in [6.07, 6.45) is 3.59. The van der Waals surface area contributed by atoms with Crippen molar-refractivity contribution in [3.05, 3.63) is 90.5 Å². The van der Waals surface area contributed by atoms with E-state index in [1.165, 1.54) is 0 Å². The standard InChI is InChI=1S/C33H35N7O3.C2H6/c1-22(2)30-18-31(40(38-30)25-10-13-32(42-3)35-20-25)37-33(41)36-29-12-11-26(27-6-4-5-7-28(27)29)23-8-9-24(34-19-23)21-39-14-16-43-17-15-39;1-2/h4-13,18-20,22H,14-17,21H2,1-3H3,(H2,36,37,41);1-2H3. The minimum atomic E-state index is -0.370. The van der Waals surface area contributed by atoms with Crippen molar-refractivity contribution in [2.45, 2.75) is 40.2 Å². The number of morpholine rings is 1. The maximum atomic E-state index is 13.3. The molecule has 3 aromatic heterocycles. The molecule has 1 saturated heterocycles. The molecule has 0 atom stereocenters. The van der Waals surface area contributed by atoms with Crippen LogP contribution in [0.5, 0.6) is 5.88 Å². The molecular formula is C35H41N7O3. The van der Waals surface area contributed by atoms with E-state index in [9.17, 15) is 4.79 Å². The first-order valence-corrected chi connectivity index (χ1v) is 15.4. The lowest BCUT2D eigenvalue weighted by Crippen LogP contribution is -2.35. The van der Waals surface area contributed by atoms with Crippen LogP contribution in [-0.2, 0) is 11.3 Å². The fourth-order valence-electron chi connectivity index (χ4n) is 5.18. The Labute approximate surface area is 264 Å². The van der Waals surface area contributed by atoms with Gasteiger partial charge >= 0.3 is 6.03 Å². The molecule has 0 spiro atoms. The molecule has 10 nitrogen and oxygen atoms in total. The fourth-order valence-corrected chi connectivity index (χ4v) is 5.18. The smallest absolute Gasteiger partial charge is 0.324 e. The number of rotatable bonds is 8. The number of benzene rings is 2. The van der Waals surface area contributed by atoms with Crippen LogP contribution in [0.4, 0.5) is 16.3 Å². The van der Waals surface area contributed by atoms with Crippen molar-refractivity contribution in [3.63, 3.8) is 0 Å². The average Bonchev–Trinajstić information content (AvgIpc) is 3.51. The number of nitrogens with one attached hydrogen (secondary N) is 2. The fraction of sp³-hybridized carbons (Fsp3) is 0.314. The number of aromatic nitrogens is 4. The van der Waals surface area contributed by atoms with Gasteiger partial charge in [-0.3, -0.25) is 15.2 Å². The summed E-state index contributed by atoms with van der Waals surface area (Å²) in [7, 11) is 1.57. The molecule has 0 radical (unpaired) electrons. The quantitative estimate of drug-likeness (QED) is 0.194. The highest BCUT2D eigenvalue weighted by molar-refractivity contribution is 6.09. The minimum absolute atomic E-state index is 0.176. The van der Waals surface area contributed by atoms with Crippen LogP contribution in [0.25, 0.3) is 27.6 Å². The van der Waals surface area contributed by atoms with Crippen molar-refractivity contribution >= 4 is 28.3 Å². The van der Waals surface area contributed by atoms with Gasteiger partial charge in [0.25, 0.3) is 0 Å². The number of carbonyl (C=O) groups is 1. The molecule has 1 fully saturated rings. The monoisotopic (exact) mass is 607 g/mol. The van der Waals surface area contributed by atoms with Crippen molar-refractivity contribution in [1.82, 2.24) is 24.6 Å². The normalized spacial score (nSPS) is 13.3. The van der Waals surface area contributed by atoms with E-state index >= 15 is 0 Å². The highest BCUT2D eigenvalue weighted by Gasteiger charge is 2.17. The lowest BCUT2D eigenvalue weighted by atomic mass is 9.98.